The van der Waals surface area contributed by atoms with Crippen molar-refractivity contribution in [1.29, 1.82) is 0 Å². The van der Waals surface area contributed by atoms with Gasteiger partial charge in [0.2, 0.25) is 5.91 Å². The summed E-state index contributed by atoms with van der Waals surface area (Å²) in [6.45, 7) is 2.26. The van der Waals surface area contributed by atoms with Gasteiger partial charge in [-0.25, -0.2) is 0 Å². The van der Waals surface area contributed by atoms with Crippen LogP contribution < -0.4 is 5.43 Å². The summed E-state index contributed by atoms with van der Waals surface area (Å²) in [4.78, 5) is 42.3. The molecule has 0 aromatic carbocycles. The second-order valence-electron chi connectivity index (χ2n) is 5.28. The lowest BCUT2D eigenvalue weighted by atomic mass is 10.1. The maximum Gasteiger partial charge on any atom is 0.259 e. The molecule has 1 N–H and O–H groups in total. The number of H-pyrrole nitrogens is 1. The smallest absolute Gasteiger partial charge is 0.259 e. The summed E-state index contributed by atoms with van der Waals surface area (Å²) >= 11 is 0. The van der Waals surface area contributed by atoms with E-state index in [1.807, 2.05) is 0 Å². The molecule has 1 unspecified atom stereocenters. The number of rotatable bonds is 2. The van der Waals surface area contributed by atoms with Crippen molar-refractivity contribution in [3.63, 3.8) is 0 Å². The van der Waals surface area contributed by atoms with Crippen molar-refractivity contribution in [3.8, 4) is 0 Å². The molecule has 2 rings (SSSR count). The molecule has 1 aromatic heterocycles. The van der Waals surface area contributed by atoms with Crippen molar-refractivity contribution in [1.82, 2.24) is 14.8 Å². The molecule has 0 saturated carbocycles. The van der Waals surface area contributed by atoms with Gasteiger partial charge in [-0.05, 0) is 19.8 Å². The van der Waals surface area contributed by atoms with Crippen LogP contribution in [-0.2, 0) is 4.79 Å². The van der Waals surface area contributed by atoms with Crippen molar-refractivity contribution in [2.45, 2.75) is 25.8 Å². The monoisotopic (exact) mass is 277 g/mol. The third-order valence-electron chi connectivity index (χ3n) is 3.53. The van der Waals surface area contributed by atoms with Crippen LogP contribution in [-0.4, -0.2) is 53.3 Å². The average molecular weight is 277 g/mol. The third kappa shape index (κ3) is 2.59. The van der Waals surface area contributed by atoms with E-state index in [4.69, 9.17) is 0 Å². The number of aromatic amines is 1. The van der Waals surface area contributed by atoms with Crippen LogP contribution in [0.15, 0.2) is 17.1 Å². The second kappa shape index (κ2) is 5.48. The molecule has 1 fully saturated rings. The van der Waals surface area contributed by atoms with E-state index in [9.17, 15) is 14.4 Å². The first kappa shape index (κ1) is 14.3. The zero-order valence-corrected chi connectivity index (χ0v) is 12.0. The van der Waals surface area contributed by atoms with Crippen LogP contribution in [0.4, 0.5) is 0 Å². The molecule has 1 aromatic rings. The van der Waals surface area contributed by atoms with Crippen LogP contribution in [0.1, 0.15) is 28.9 Å². The summed E-state index contributed by atoms with van der Waals surface area (Å²) in [6.07, 6.45) is 2.85. The molecule has 0 bridgehead atoms. The largest absolute Gasteiger partial charge is 0.364 e. The molecule has 0 radical (unpaired) electrons. The number of aromatic nitrogens is 1. The Morgan fingerprint density at radius 1 is 1.40 bits per heavy atom. The number of carbonyl (C=O) groups excluding carboxylic acids is 2. The summed E-state index contributed by atoms with van der Waals surface area (Å²) in [5.41, 5.74) is 0.483. The molecule has 1 saturated heterocycles. The van der Waals surface area contributed by atoms with Crippen LogP contribution in [0.5, 0.6) is 0 Å². The van der Waals surface area contributed by atoms with Crippen molar-refractivity contribution < 1.29 is 9.59 Å². The molecule has 2 amide bonds. The second-order valence-corrected chi connectivity index (χ2v) is 5.28. The minimum atomic E-state index is -0.460. The lowest BCUT2D eigenvalue weighted by Gasteiger charge is -2.26. The predicted octanol–water partition coefficient (Wildman–Crippen LogP) is 0.376. The minimum Gasteiger partial charge on any atom is -0.364 e. The number of likely N-dealkylation sites (N-methyl/N-ethyl adjacent to an activating group) is 1. The van der Waals surface area contributed by atoms with Crippen LogP contribution in [0.3, 0.4) is 0 Å². The SMILES string of the molecule is Cc1cc(=O)c(C(=O)N2CCCC2C(=O)N(C)C)c[nH]1. The number of hydrogen-bond acceptors (Lipinski definition) is 3. The molecule has 6 nitrogen and oxygen atoms in total. The first-order valence-electron chi connectivity index (χ1n) is 6.63. The standard InChI is InChI=1S/C14H19N3O3/c1-9-7-12(18)10(8-15-9)13(19)17-6-4-5-11(17)14(20)16(2)3/h7-8,11H,4-6H2,1-3H3,(H,15,18). The Kier molecular flexibility index (Phi) is 3.92. The molecule has 0 spiro atoms. The number of nitrogens with one attached hydrogen (secondary N) is 1. The number of amides is 2. The average Bonchev–Trinajstić information content (AvgIpc) is 2.86. The van der Waals surface area contributed by atoms with Gasteiger partial charge in [-0.2, -0.15) is 0 Å². The van der Waals surface area contributed by atoms with Gasteiger partial charge in [-0.15, -0.1) is 0 Å². The van der Waals surface area contributed by atoms with Crippen molar-refractivity contribution in [2.75, 3.05) is 20.6 Å². The maximum absolute atomic E-state index is 12.5. The summed E-state index contributed by atoms with van der Waals surface area (Å²) in [5.74, 6) is -0.469. The van der Waals surface area contributed by atoms with Crippen molar-refractivity contribution in [2.24, 2.45) is 0 Å². The molecule has 1 aliphatic heterocycles. The topological polar surface area (TPSA) is 73.5 Å². The van der Waals surface area contributed by atoms with Gasteiger partial charge in [0.1, 0.15) is 11.6 Å². The lowest BCUT2D eigenvalue weighted by Crippen LogP contribution is -2.46. The quantitative estimate of drug-likeness (QED) is 0.849. The van der Waals surface area contributed by atoms with Crippen LogP contribution >= 0.6 is 0 Å². The first-order chi connectivity index (χ1) is 9.41. The van der Waals surface area contributed by atoms with E-state index in [-0.39, 0.29) is 22.8 Å². The molecule has 1 atom stereocenters. The number of aryl methyl sites for hydroxylation is 1. The van der Waals surface area contributed by atoms with E-state index in [0.29, 0.717) is 18.7 Å². The van der Waals surface area contributed by atoms with E-state index in [0.717, 1.165) is 6.42 Å². The number of pyridine rings is 1. The maximum atomic E-state index is 12.5. The zero-order chi connectivity index (χ0) is 14.9. The van der Waals surface area contributed by atoms with Gasteiger partial charge >= 0.3 is 0 Å². The van der Waals surface area contributed by atoms with Gasteiger partial charge in [-0.1, -0.05) is 0 Å². The zero-order valence-electron chi connectivity index (χ0n) is 12.0. The predicted molar refractivity (Wildman–Crippen MR) is 74.6 cm³/mol. The molecule has 1 aliphatic rings. The Morgan fingerprint density at radius 2 is 2.10 bits per heavy atom. The highest BCUT2D eigenvalue weighted by molar-refractivity contribution is 5.97. The van der Waals surface area contributed by atoms with Gasteiger partial charge in [0.05, 0.1) is 0 Å². The van der Waals surface area contributed by atoms with Gasteiger partial charge in [-0.3, -0.25) is 14.4 Å². The van der Waals surface area contributed by atoms with E-state index in [1.54, 1.807) is 21.0 Å². The fourth-order valence-corrected chi connectivity index (χ4v) is 2.46. The van der Waals surface area contributed by atoms with Crippen LogP contribution in [0, 0.1) is 6.92 Å². The fraction of sp³-hybridized carbons (Fsp3) is 0.500. The summed E-state index contributed by atoms with van der Waals surface area (Å²) in [6, 6.07) is 0.935. The van der Waals surface area contributed by atoms with E-state index in [1.165, 1.54) is 22.1 Å². The number of likely N-dealkylation sites (tertiary alicyclic amines) is 1. The Balaban J connectivity index is 2.28. The normalized spacial score (nSPS) is 18.1. The number of carbonyl (C=O) groups is 2. The van der Waals surface area contributed by atoms with Gasteiger partial charge in [0.25, 0.3) is 5.91 Å². The Bertz CT molecular complexity index is 592. The highest BCUT2D eigenvalue weighted by Gasteiger charge is 2.35. The third-order valence-corrected chi connectivity index (χ3v) is 3.53. The molecular formula is C14H19N3O3. The van der Waals surface area contributed by atoms with E-state index < -0.39 is 6.04 Å². The molecule has 0 aliphatic carbocycles. The molecule has 2 heterocycles. The van der Waals surface area contributed by atoms with Gasteiger partial charge in [0, 0.05) is 38.6 Å². The fourth-order valence-electron chi connectivity index (χ4n) is 2.46. The van der Waals surface area contributed by atoms with Crippen molar-refractivity contribution in [3.05, 3.63) is 33.7 Å². The number of nitrogens with zero attached hydrogens (tertiary/aromatic N) is 2. The van der Waals surface area contributed by atoms with E-state index in [2.05, 4.69) is 4.98 Å². The Labute approximate surface area is 117 Å². The highest BCUT2D eigenvalue weighted by Crippen LogP contribution is 2.20. The van der Waals surface area contributed by atoms with Gasteiger partial charge < -0.3 is 14.8 Å². The van der Waals surface area contributed by atoms with Crippen LogP contribution in [0.2, 0.25) is 0 Å². The summed E-state index contributed by atoms with van der Waals surface area (Å²) in [7, 11) is 3.34. The molecule has 108 valence electrons. The van der Waals surface area contributed by atoms with Crippen LogP contribution in [0.25, 0.3) is 0 Å². The molecule has 6 heteroatoms. The molecule has 20 heavy (non-hydrogen) atoms. The summed E-state index contributed by atoms with van der Waals surface area (Å²) < 4.78 is 0. The lowest BCUT2D eigenvalue weighted by molar-refractivity contribution is -0.132. The Morgan fingerprint density at radius 3 is 2.70 bits per heavy atom. The minimum absolute atomic E-state index is 0.0917. The Hall–Kier alpha value is -2.11. The number of hydrogen-bond donors (Lipinski definition) is 1. The summed E-state index contributed by atoms with van der Waals surface area (Å²) in [5, 5.41) is 0. The highest BCUT2D eigenvalue weighted by atomic mass is 16.2. The first-order valence-corrected chi connectivity index (χ1v) is 6.63. The van der Waals surface area contributed by atoms with E-state index >= 15 is 0 Å². The van der Waals surface area contributed by atoms with Gasteiger partial charge in [0.15, 0.2) is 5.43 Å². The molecular weight excluding hydrogens is 258 g/mol. The van der Waals surface area contributed by atoms with Crippen molar-refractivity contribution >= 4 is 11.8 Å².